The van der Waals surface area contributed by atoms with E-state index in [1.54, 1.807) is 0 Å². The molecular formula is C18H13FO2S. The molecule has 3 rings (SSSR count). The topological polar surface area (TPSA) is 34.1 Å². The van der Waals surface area contributed by atoms with Gasteiger partial charge in [0.25, 0.3) is 0 Å². The van der Waals surface area contributed by atoms with Gasteiger partial charge in [0.1, 0.15) is 5.82 Å². The van der Waals surface area contributed by atoms with Gasteiger partial charge < -0.3 is 0 Å². The highest BCUT2D eigenvalue weighted by Crippen LogP contribution is 2.26. The molecule has 0 unspecified atom stereocenters. The van der Waals surface area contributed by atoms with Crippen LogP contribution in [0.1, 0.15) is 32.9 Å². The minimum Gasteiger partial charge on any atom is -0.294 e. The zero-order valence-corrected chi connectivity index (χ0v) is 12.5. The highest BCUT2D eigenvalue weighted by Gasteiger charge is 2.13. The first-order valence-corrected chi connectivity index (χ1v) is 7.76. The average Bonchev–Trinajstić information content (AvgIpc) is 2.97. The van der Waals surface area contributed by atoms with Crippen molar-refractivity contribution in [3.8, 4) is 0 Å². The Morgan fingerprint density at radius 3 is 2.32 bits per heavy atom. The number of benzene rings is 2. The molecule has 2 nitrogen and oxygen atoms in total. The summed E-state index contributed by atoms with van der Waals surface area (Å²) in [5.41, 5.74) is 0.436. The van der Waals surface area contributed by atoms with E-state index in [4.69, 9.17) is 0 Å². The molecule has 0 aliphatic heterocycles. The van der Waals surface area contributed by atoms with E-state index in [1.165, 1.54) is 35.6 Å². The van der Waals surface area contributed by atoms with Crippen molar-refractivity contribution in [2.75, 3.05) is 0 Å². The molecule has 3 aromatic rings. The summed E-state index contributed by atoms with van der Waals surface area (Å²) in [7, 11) is 0. The minimum absolute atomic E-state index is 0.0309. The van der Waals surface area contributed by atoms with E-state index in [1.807, 2.05) is 30.3 Å². The summed E-state index contributed by atoms with van der Waals surface area (Å²) in [5.74, 6) is -0.552. The van der Waals surface area contributed by atoms with Crippen molar-refractivity contribution >= 4 is 33.0 Å². The second-order valence-electron chi connectivity index (χ2n) is 5.00. The normalized spacial score (nSPS) is 10.8. The van der Waals surface area contributed by atoms with Crippen molar-refractivity contribution in [3.05, 3.63) is 70.9 Å². The number of halogens is 1. The molecule has 0 atom stereocenters. The van der Waals surface area contributed by atoms with Crippen LogP contribution in [0.15, 0.2) is 54.6 Å². The standard InChI is InChI=1S/C18H13FO2S/c19-14-7-5-12(6-8-14)15(20)9-10-16(21)18-11-13-3-1-2-4-17(13)22-18/h1-8,11H,9-10H2. The van der Waals surface area contributed by atoms with E-state index in [0.717, 1.165) is 10.1 Å². The summed E-state index contributed by atoms with van der Waals surface area (Å²) in [6.45, 7) is 0. The van der Waals surface area contributed by atoms with Crippen LogP contribution in [0.5, 0.6) is 0 Å². The Kier molecular flexibility index (Phi) is 4.11. The molecule has 4 heteroatoms. The number of Topliss-reactive ketones (excluding diaryl/α,β-unsaturated/α-hetero) is 2. The van der Waals surface area contributed by atoms with Crippen LogP contribution in [0, 0.1) is 5.82 Å². The molecule has 0 N–H and O–H groups in total. The number of fused-ring (bicyclic) bond motifs is 1. The van der Waals surface area contributed by atoms with E-state index in [0.29, 0.717) is 10.4 Å². The molecule has 1 aromatic heterocycles. The van der Waals surface area contributed by atoms with Crippen molar-refractivity contribution in [1.82, 2.24) is 0 Å². The molecule has 22 heavy (non-hydrogen) atoms. The van der Waals surface area contributed by atoms with Crippen molar-refractivity contribution in [2.24, 2.45) is 0 Å². The van der Waals surface area contributed by atoms with Crippen LogP contribution < -0.4 is 0 Å². The van der Waals surface area contributed by atoms with E-state index in [-0.39, 0.29) is 30.2 Å². The molecule has 0 aliphatic rings. The second kappa shape index (κ2) is 6.20. The molecule has 0 amide bonds. The highest BCUT2D eigenvalue weighted by atomic mass is 32.1. The zero-order valence-electron chi connectivity index (χ0n) is 11.7. The van der Waals surface area contributed by atoms with Crippen LogP contribution in [0.25, 0.3) is 10.1 Å². The zero-order chi connectivity index (χ0) is 15.5. The van der Waals surface area contributed by atoms with Crippen molar-refractivity contribution in [2.45, 2.75) is 12.8 Å². The fraction of sp³-hybridized carbons (Fsp3) is 0.111. The van der Waals surface area contributed by atoms with Gasteiger partial charge >= 0.3 is 0 Å². The predicted molar refractivity (Wildman–Crippen MR) is 86.1 cm³/mol. The molecule has 0 saturated heterocycles. The Morgan fingerprint density at radius 2 is 1.59 bits per heavy atom. The lowest BCUT2D eigenvalue weighted by Gasteiger charge is -2.00. The third-order valence-corrected chi connectivity index (χ3v) is 4.60. The van der Waals surface area contributed by atoms with Gasteiger partial charge in [-0.25, -0.2) is 4.39 Å². The quantitative estimate of drug-likeness (QED) is 0.629. The first-order chi connectivity index (χ1) is 10.6. The maximum Gasteiger partial charge on any atom is 0.173 e. The third kappa shape index (κ3) is 3.12. The van der Waals surface area contributed by atoms with Gasteiger partial charge in [0, 0.05) is 23.1 Å². The Balaban J connectivity index is 1.66. The van der Waals surface area contributed by atoms with E-state index in [2.05, 4.69) is 0 Å². The monoisotopic (exact) mass is 312 g/mol. The van der Waals surface area contributed by atoms with Crippen LogP contribution in [-0.2, 0) is 0 Å². The predicted octanol–water partition coefficient (Wildman–Crippen LogP) is 4.89. The first-order valence-electron chi connectivity index (χ1n) is 6.94. The van der Waals surface area contributed by atoms with Crippen LogP contribution in [0.3, 0.4) is 0 Å². The Labute approximate surface area is 131 Å². The van der Waals surface area contributed by atoms with Gasteiger partial charge in [0.15, 0.2) is 11.6 Å². The Bertz CT molecular complexity index is 801. The number of carbonyl (C=O) groups is 2. The van der Waals surface area contributed by atoms with Gasteiger partial charge in [-0.3, -0.25) is 9.59 Å². The van der Waals surface area contributed by atoms with E-state index in [9.17, 15) is 14.0 Å². The molecule has 0 fully saturated rings. The molecule has 0 bridgehead atoms. The van der Waals surface area contributed by atoms with Crippen molar-refractivity contribution in [3.63, 3.8) is 0 Å². The third-order valence-electron chi connectivity index (χ3n) is 3.45. The molecule has 110 valence electrons. The molecule has 0 radical (unpaired) electrons. The largest absolute Gasteiger partial charge is 0.294 e. The van der Waals surface area contributed by atoms with Gasteiger partial charge in [-0.15, -0.1) is 11.3 Å². The summed E-state index contributed by atoms with van der Waals surface area (Å²) >= 11 is 1.44. The van der Waals surface area contributed by atoms with Gasteiger partial charge in [-0.2, -0.15) is 0 Å². The van der Waals surface area contributed by atoms with E-state index >= 15 is 0 Å². The summed E-state index contributed by atoms with van der Waals surface area (Å²) < 4.78 is 13.9. The van der Waals surface area contributed by atoms with Crippen molar-refractivity contribution in [1.29, 1.82) is 0 Å². The van der Waals surface area contributed by atoms with Crippen molar-refractivity contribution < 1.29 is 14.0 Å². The van der Waals surface area contributed by atoms with Gasteiger partial charge in [0.2, 0.25) is 0 Å². The van der Waals surface area contributed by atoms with Crippen LogP contribution in [0.2, 0.25) is 0 Å². The SMILES string of the molecule is O=C(CCC(=O)c1cc2ccccc2s1)c1ccc(F)cc1. The number of hydrogen-bond acceptors (Lipinski definition) is 3. The lowest BCUT2D eigenvalue weighted by Crippen LogP contribution is -2.04. The van der Waals surface area contributed by atoms with Gasteiger partial charge in [0.05, 0.1) is 4.88 Å². The molecule has 0 spiro atoms. The molecular weight excluding hydrogens is 299 g/mol. The molecule has 0 aliphatic carbocycles. The van der Waals surface area contributed by atoms with Gasteiger partial charge in [-0.05, 0) is 41.8 Å². The fourth-order valence-corrected chi connectivity index (χ4v) is 3.28. The Morgan fingerprint density at radius 1 is 0.909 bits per heavy atom. The molecule has 2 aromatic carbocycles. The first kappa shape index (κ1) is 14.6. The summed E-state index contributed by atoms with van der Waals surface area (Å²) in [6.07, 6.45) is 0.307. The number of hydrogen-bond donors (Lipinski definition) is 0. The maximum atomic E-state index is 12.8. The fourth-order valence-electron chi connectivity index (χ4n) is 2.25. The molecule has 0 saturated carbocycles. The average molecular weight is 312 g/mol. The second-order valence-corrected chi connectivity index (χ2v) is 6.09. The van der Waals surface area contributed by atoms with Crippen LogP contribution in [-0.4, -0.2) is 11.6 Å². The van der Waals surface area contributed by atoms with Gasteiger partial charge in [-0.1, -0.05) is 18.2 Å². The smallest absolute Gasteiger partial charge is 0.173 e. The minimum atomic E-state index is -0.377. The van der Waals surface area contributed by atoms with Crippen LogP contribution >= 0.6 is 11.3 Å². The number of ketones is 2. The number of rotatable bonds is 5. The lowest BCUT2D eigenvalue weighted by molar-refractivity contribution is 0.0919. The number of carbonyl (C=O) groups excluding carboxylic acids is 2. The molecule has 1 heterocycles. The summed E-state index contributed by atoms with van der Waals surface area (Å²) in [6, 6.07) is 15.1. The number of thiophene rings is 1. The maximum absolute atomic E-state index is 12.8. The summed E-state index contributed by atoms with van der Waals surface area (Å²) in [4.78, 5) is 24.9. The van der Waals surface area contributed by atoms with Crippen LogP contribution in [0.4, 0.5) is 4.39 Å². The highest BCUT2D eigenvalue weighted by molar-refractivity contribution is 7.20. The lowest BCUT2D eigenvalue weighted by atomic mass is 10.0. The Hall–Kier alpha value is -2.33. The van der Waals surface area contributed by atoms with E-state index < -0.39 is 0 Å². The summed E-state index contributed by atoms with van der Waals surface area (Å²) in [5, 5.41) is 1.04.